The summed E-state index contributed by atoms with van der Waals surface area (Å²) in [5.74, 6) is -1.23. The van der Waals surface area contributed by atoms with Crippen LogP contribution in [0.1, 0.15) is 27.2 Å². The van der Waals surface area contributed by atoms with Crippen LogP contribution in [-0.4, -0.2) is 55.9 Å². The van der Waals surface area contributed by atoms with Gasteiger partial charge in [0.05, 0.1) is 20.6 Å². The molecule has 8 nitrogen and oxygen atoms in total. The highest BCUT2D eigenvalue weighted by molar-refractivity contribution is 5.87. The molecule has 0 aliphatic rings. The van der Waals surface area contributed by atoms with Crippen molar-refractivity contribution < 1.29 is 28.7 Å². The molecule has 0 saturated heterocycles. The van der Waals surface area contributed by atoms with E-state index >= 15 is 0 Å². The van der Waals surface area contributed by atoms with Gasteiger partial charge in [-0.05, 0) is 20.8 Å². The van der Waals surface area contributed by atoms with Gasteiger partial charge in [0.25, 0.3) is 0 Å². The fourth-order valence-corrected chi connectivity index (χ4v) is 1.19. The van der Waals surface area contributed by atoms with Crippen molar-refractivity contribution in [1.82, 2.24) is 10.4 Å². The molecule has 0 aromatic rings. The smallest absolute Gasteiger partial charge is 0.408 e. The number of methoxy groups -OCH3 is 1. The minimum Gasteiger partial charge on any atom is -0.467 e. The molecule has 0 aliphatic carbocycles. The van der Waals surface area contributed by atoms with E-state index in [0.717, 1.165) is 12.2 Å². The SMILES string of the molecule is COC(=O)[C@@H](CC(=O)N(C)OC)NC(=O)OC(C)(C)C. The maximum absolute atomic E-state index is 11.7. The molecule has 0 bridgehead atoms. The van der Waals surface area contributed by atoms with Crippen LogP contribution >= 0.6 is 0 Å². The van der Waals surface area contributed by atoms with E-state index in [1.165, 1.54) is 14.2 Å². The highest BCUT2D eigenvalue weighted by Gasteiger charge is 2.28. The van der Waals surface area contributed by atoms with Crippen molar-refractivity contribution in [3.05, 3.63) is 0 Å². The summed E-state index contributed by atoms with van der Waals surface area (Å²) in [5, 5.41) is 3.25. The van der Waals surface area contributed by atoms with Gasteiger partial charge in [-0.2, -0.15) is 0 Å². The van der Waals surface area contributed by atoms with Gasteiger partial charge in [0.15, 0.2) is 0 Å². The maximum Gasteiger partial charge on any atom is 0.408 e. The number of carbonyl (C=O) groups is 3. The maximum atomic E-state index is 11.7. The Labute approximate surface area is 118 Å². The van der Waals surface area contributed by atoms with E-state index in [4.69, 9.17) is 9.57 Å². The van der Waals surface area contributed by atoms with Crippen LogP contribution in [0, 0.1) is 0 Å². The van der Waals surface area contributed by atoms with E-state index in [-0.39, 0.29) is 6.42 Å². The molecule has 0 saturated carbocycles. The Morgan fingerprint density at radius 1 is 1.20 bits per heavy atom. The summed E-state index contributed by atoms with van der Waals surface area (Å²) in [4.78, 5) is 39.5. The number of hydrogen-bond donors (Lipinski definition) is 1. The Morgan fingerprint density at radius 3 is 2.15 bits per heavy atom. The van der Waals surface area contributed by atoms with E-state index in [1.807, 2.05) is 0 Å². The first kappa shape index (κ1) is 18.2. The lowest BCUT2D eigenvalue weighted by atomic mass is 10.2. The molecule has 116 valence electrons. The van der Waals surface area contributed by atoms with E-state index in [9.17, 15) is 14.4 Å². The van der Waals surface area contributed by atoms with E-state index in [2.05, 4.69) is 10.1 Å². The first-order valence-electron chi connectivity index (χ1n) is 5.98. The average molecular weight is 290 g/mol. The molecule has 0 aromatic heterocycles. The molecule has 0 aromatic carbocycles. The average Bonchev–Trinajstić information content (AvgIpc) is 2.33. The molecule has 0 heterocycles. The Kier molecular flexibility index (Phi) is 6.98. The van der Waals surface area contributed by atoms with Crippen LogP contribution in [0.25, 0.3) is 0 Å². The van der Waals surface area contributed by atoms with E-state index < -0.39 is 29.6 Å². The number of hydroxylamine groups is 2. The van der Waals surface area contributed by atoms with Crippen LogP contribution in [0.2, 0.25) is 0 Å². The molecular formula is C12H22N2O6. The van der Waals surface area contributed by atoms with Crippen molar-refractivity contribution in [2.75, 3.05) is 21.3 Å². The normalized spacial score (nSPS) is 12.3. The molecule has 1 atom stereocenters. The van der Waals surface area contributed by atoms with E-state index in [0.29, 0.717) is 0 Å². The molecule has 0 rings (SSSR count). The molecule has 8 heteroatoms. The van der Waals surface area contributed by atoms with Crippen molar-refractivity contribution >= 4 is 18.0 Å². The van der Waals surface area contributed by atoms with Crippen LogP contribution < -0.4 is 5.32 Å². The number of rotatable bonds is 5. The van der Waals surface area contributed by atoms with Gasteiger partial charge in [0.2, 0.25) is 5.91 Å². The van der Waals surface area contributed by atoms with Crippen LogP contribution in [0.5, 0.6) is 0 Å². The van der Waals surface area contributed by atoms with Crippen molar-refractivity contribution in [2.45, 2.75) is 38.8 Å². The number of ether oxygens (including phenoxy) is 2. The number of nitrogens with one attached hydrogen (secondary N) is 1. The molecular weight excluding hydrogens is 268 g/mol. The highest BCUT2D eigenvalue weighted by atomic mass is 16.7. The summed E-state index contributed by atoms with van der Waals surface area (Å²) in [5.41, 5.74) is -0.710. The quantitative estimate of drug-likeness (QED) is 0.584. The summed E-state index contributed by atoms with van der Waals surface area (Å²) in [6, 6.07) is -1.14. The topological polar surface area (TPSA) is 94.2 Å². The van der Waals surface area contributed by atoms with Gasteiger partial charge in [0.1, 0.15) is 11.6 Å². The standard InChI is InChI=1S/C12H22N2O6/c1-12(2,3)20-11(17)13-8(10(16)18-5)7-9(15)14(4)19-6/h8H,7H2,1-6H3,(H,13,17)/t8-/m1/s1. The van der Waals surface area contributed by atoms with Gasteiger partial charge >= 0.3 is 12.1 Å². The predicted molar refractivity (Wildman–Crippen MR) is 69.6 cm³/mol. The molecule has 0 fully saturated rings. The minimum atomic E-state index is -1.14. The Bertz CT molecular complexity index is 363. The molecule has 0 spiro atoms. The number of alkyl carbamates (subject to hydrolysis) is 1. The zero-order valence-electron chi connectivity index (χ0n) is 12.7. The van der Waals surface area contributed by atoms with Crippen molar-refractivity contribution in [3.8, 4) is 0 Å². The second-order valence-electron chi connectivity index (χ2n) is 5.00. The lowest BCUT2D eigenvalue weighted by Gasteiger charge is -2.23. The van der Waals surface area contributed by atoms with Gasteiger partial charge in [-0.3, -0.25) is 9.63 Å². The summed E-state index contributed by atoms with van der Waals surface area (Å²) in [6.07, 6.45) is -1.10. The Hall–Kier alpha value is -1.83. The summed E-state index contributed by atoms with van der Waals surface area (Å²) in [6.45, 7) is 5.05. The number of carbonyl (C=O) groups excluding carboxylic acids is 3. The third-order valence-electron chi connectivity index (χ3n) is 2.18. The summed E-state index contributed by atoms with van der Waals surface area (Å²) < 4.78 is 9.55. The zero-order chi connectivity index (χ0) is 15.9. The third kappa shape index (κ3) is 6.93. The largest absolute Gasteiger partial charge is 0.467 e. The Morgan fingerprint density at radius 2 is 1.75 bits per heavy atom. The van der Waals surface area contributed by atoms with Gasteiger partial charge in [-0.25, -0.2) is 14.7 Å². The Balaban J connectivity index is 4.70. The van der Waals surface area contributed by atoms with Crippen molar-refractivity contribution in [1.29, 1.82) is 0 Å². The zero-order valence-corrected chi connectivity index (χ0v) is 12.7. The first-order valence-corrected chi connectivity index (χ1v) is 5.98. The predicted octanol–water partition coefficient (Wildman–Crippen LogP) is 0.463. The van der Waals surface area contributed by atoms with Crippen LogP contribution in [0.3, 0.4) is 0 Å². The first-order chi connectivity index (χ1) is 9.10. The molecule has 0 aliphatic heterocycles. The monoisotopic (exact) mass is 290 g/mol. The van der Waals surface area contributed by atoms with Gasteiger partial charge < -0.3 is 14.8 Å². The molecule has 0 unspecified atom stereocenters. The molecule has 0 radical (unpaired) electrons. The van der Waals surface area contributed by atoms with E-state index in [1.54, 1.807) is 20.8 Å². The number of amides is 2. The highest BCUT2D eigenvalue weighted by Crippen LogP contribution is 2.08. The fourth-order valence-electron chi connectivity index (χ4n) is 1.19. The third-order valence-corrected chi connectivity index (χ3v) is 2.18. The van der Waals surface area contributed by atoms with Crippen molar-refractivity contribution in [3.63, 3.8) is 0 Å². The molecule has 2 amide bonds. The summed E-state index contributed by atoms with van der Waals surface area (Å²) in [7, 11) is 3.87. The lowest BCUT2D eigenvalue weighted by molar-refractivity contribution is -0.170. The van der Waals surface area contributed by atoms with Gasteiger partial charge in [0, 0.05) is 7.05 Å². The van der Waals surface area contributed by atoms with Crippen molar-refractivity contribution in [2.24, 2.45) is 0 Å². The summed E-state index contributed by atoms with van der Waals surface area (Å²) >= 11 is 0. The lowest BCUT2D eigenvalue weighted by Crippen LogP contribution is -2.46. The minimum absolute atomic E-state index is 0.295. The van der Waals surface area contributed by atoms with Crippen LogP contribution in [0.4, 0.5) is 4.79 Å². The molecule has 1 N–H and O–H groups in total. The number of nitrogens with zero attached hydrogens (tertiary/aromatic N) is 1. The second kappa shape index (κ2) is 7.68. The van der Waals surface area contributed by atoms with Crippen LogP contribution in [-0.2, 0) is 23.9 Å². The molecule has 20 heavy (non-hydrogen) atoms. The number of esters is 1. The fraction of sp³-hybridized carbons (Fsp3) is 0.750. The number of hydrogen-bond acceptors (Lipinski definition) is 6. The van der Waals surface area contributed by atoms with Crippen LogP contribution in [0.15, 0.2) is 0 Å². The van der Waals surface area contributed by atoms with Gasteiger partial charge in [-0.1, -0.05) is 0 Å². The van der Waals surface area contributed by atoms with Gasteiger partial charge in [-0.15, -0.1) is 0 Å². The second-order valence-corrected chi connectivity index (χ2v) is 5.00.